The van der Waals surface area contributed by atoms with Gasteiger partial charge in [-0.1, -0.05) is 30.3 Å². The van der Waals surface area contributed by atoms with E-state index in [2.05, 4.69) is 0 Å². The number of hydrogen-bond donors (Lipinski definition) is 0. The minimum absolute atomic E-state index is 0.285. The molecule has 0 unspecified atom stereocenters. The summed E-state index contributed by atoms with van der Waals surface area (Å²) < 4.78 is 15.0. The lowest BCUT2D eigenvalue weighted by Gasteiger charge is -2.17. The molecule has 26 heavy (non-hydrogen) atoms. The first-order valence-electron chi connectivity index (χ1n) is 8.71. The Balaban J connectivity index is 2.00. The highest BCUT2D eigenvalue weighted by molar-refractivity contribution is 6.44. The van der Waals surface area contributed by atoms with E-state index in [1.54, 1.807) is 18.3 Å². The third kappa shape index (κ3) is 3.38. The van der Waals surface area contributed by atoms with Crippen molar-refractivity contribution in [3.8, 4) is 0 Å². The topological polar surface area (TPSA) is 42.3 Å². The van der Waals surface area contributed by atoms with Crippen LogP contribution in [0.15, 0.2) is 54.7 Å². The van der Waals surface area contributed by atoms with Crippen LogP contribution in [0.25, 0.3) is 10.9 Å². The molecule has 134 valence electrons. The minimum atomic E-state index is -0.497. The summed E-state index contributed by atoms with van der Waals surface area (Å²) in [6.45, 7) is 5.19. The van der Waals surface area contributed by atoms with Crippen LogP contribution in [0.1, 0.15) is 29.8 Å². The van der Waals surface area contributed by atoms with Crippen LogP contribution in [0.4, 0.5) is 4.39 Å². The van der Waals surface area contributed by atoms with E-state index in [1.165, 1.54) is 17.0 Å². The van der Waals surface area contributed by atoms with Gasteiger partial charge < -0.3 is 9.47 Å². The van der Waals surface area contributed by atoms with Crippen molar-refractivity contribution in [2.75, 3.05) is 13.1 Å². The monoisotopic (exact) mass is 352 g/mol. The molecule has 0 bridgehead atoms. The molecule has 5 heteroatoms. The van der Waals surface area contributed by atoms with Gasteiger partial charge in [-0.2, -0.15) is 0 Å². The third-order valence-corrected chi connectivity index (χ3v) is 4.54. The molecule has 0 radical (unpaired) electrons. The van der Waals surface area contributed by atoms with Gasteiger partial charge in [-0.3, -0.25) is 9.59 Å². The summed E-state index contributed by atoms with van der Waals surface area (Å²) in [7, 11) is 0. The lowest BCUT2D eigenvalue weighted by Crippen LogP contribution is -2.36. The number of para-hydroxylation sites is 1. The summed E-state index contributed by atoms with van der Waals surface area (Å²) in [6, 6.07) is 13.8. The van der Waals surface area contributed by atoms with E-state index in [0.29, 0.717) is 25.2 Å². The van der Waals surface area contributed by atoms with Gasteiger partial charge >= 0.3 is 0 Å². The summed E-state index contributed by atoms with van der Waals surface area (Å²) in [5.41, 5.74) is 2.19. The highest BCUT2D eigenvalue weighted by atomic mass is 19.1. The molecule has 0 aliphatic heterocycles. The molecular weight excluding hydrogens is 331 g/mol. The van der Waals surface area contributed by atoms with Crippen molar-refractivity contribution < 1.29 is 14.0 Å². The zero-order valence-corrected chi connectivity index (χ0v) is 14.9. The lowest BCUT2D eigenvalue weighted by atomic mass is 10.1. The first-order valence-corrected chi connectivity index (χ1v) is 8.71. The van der Waals surface area contributed by atoms with Gasteiger partial charge in [0.2, 0.25) is 0 Å². The van der Waals surface area contributed by atoms with Crippen LogP contribution in [0.2, 0.25) is 0 Å². The number of nitrogens with zero attached hydrogens (tertiary/aromatic N) is 2. The normalized spacial score (nSPS) is 10.9. The van der Waals surface area contributed by atoms with Crippen LogP contribution < -0.4 is 0 Å². The second-order valence-corrected chi connectivity index (χ2v) is 6.12. The highest BCUT2D eigenvalue weighted by Crippen LogP contribution is 2.23. The van der Waals surface area contributed by atoms with Crippen LogP contribution in [-0.2, 0) is 11.3 Å². The van der Waals surface area contributed by atoms with E-state index < -0.39 is 11.7 Å². The van der Waals surface area contributed by atoms with Gasteiger partial charge in [0.25, 0.3) is 11.7 Å². The molecule has 0 saturated carbocycles. The summed E-state index contributed by atoms with van der Waals surface area (Å²) in [4.78, 5) is 26.8. The number of Topliss-reactive ketones (excluding diaryl/α,β-unsaturated/α-hetero) is 1. The Morgan fingerprint density at radius 1 is 1.00 bits per heavy atom. The van der Waals surface area contributed by atoms with E-state index in [0.717, 1.165) is 16.5 Å². The number of rotatable bonds is 6. The van der Waals surface area contributed by atoms with Crippen LogP contribution in [0.5, 0.6) is 0 Å². The maximum Gasteiger partial charge on any atom is 0.295 e. The van der Waals surface area contributed by atoms with Crippen LogP contribution in [0, 0.1) is 5.82 Å². The van der Waals surface area contributed by atoms with Gasteiger partial charge in [-0.05, 0) is 37.6 Å². The molecule has 0 aliphatic rings. The molecule has 1 aromatic heterocycles. The molecular formula is C21H21FN2O2. The van der Waals surface area contributed by atoms with Crippen LogP contribution in [-0.4, -0.2) is 34.2 Å². The molecule has 0 atom stereocenters. The SMILES string of the molecule is CCN(CC)C(=O)C(=O)c1cn(Cc2ccc(F)cc2)c2ccccc12. The Hall–Kier alpha value is -2.95. The highest BCUT2D eigenvalue weighted by Gasteiger charge is 2.24. The number of carbonyl (C=O) groups is 2. The number of amides is 1. The molecule has 0 spiro atoms. The molecule has 2 aromatic carbocycles. The number of benzene rings is 2. The van der Waals surface area contributed by atoms with E-state index in [4.69, 9.17) is 0 Å². The van der Waals surface area contributed by atoms with Crippen molar-refractivity contribution in [2.24, 2.45) is 0 Å². The number of hydrogen-bond acceptors (Lipinski definition) is 2. The second kappa shape index (κ2) is 7.52. The Labute approximate surface area is 151 Å². The zero-order valence-electron chi connectivity index (χ0n) is 14.9. The average molecular weight is 352 g/mol. The van der Waals surface area contributed by atoms with E-state index in [1.807, 2.05) is 42.7 Å². The predicted octanol–water partition coefficient (Wildman–Crippen LogP) is 3.88. The molecule has 1 heterocycles. The van der Waals surface area contributed by atoms with Crippen molar-refractivity contribution in [2.45, 2.75) is 20.4 Å². The molecule has 3 aromatic rings. The molecule has 0 aliphatic carbocycles. The van der Waals surface area contributed by atoms with Crippen molar-refractivity contribution in [1.82, 2.24) is 9.47 Å². The summed E-state index contributed by atoms with van der Waals surface area (Å²) >= 11 is 0. The number of likely N-dealkylation sites (N-methyl/N-ethyl adjacent to an activating group) is 1. The first-order chi connectivity index (χ1) is 12.5. The Morgan fingerprint density at radius 3 is 2.31 bits per heavy atom. The largest absolute Gasteiger partial charge is 0.342 e. The molecule has 4 nitrogen and oxygen atoms in total. The molecule has 1 amide bonds. The molecule has 0 saturated heterocycles. The standard InChI is InChI=1S/C21H21FN2O2/c1-3-23(4-2)21(26)20(25)18-14-24(19-8-6-5-7-17(18)19)13-15-9-11-16(22)12-10-15/h5-12,14H,3-4,13H2,1-2H3. The fraction of sp³-hybridized carbons (Fsp3) is 0.238. The Morgan fingerprint density at radius 2 is 1.65 bits per heavy atom. The predicted molar refractivity (Wildman–Crippen MR) is 99.7 cm³/mol. The van der Waals surface area contributed by atoms with E-state index in [-0.39, 0.29) is 5.82 Å². The number of halogens is 1. The summed E-state index contributed by atoms with van der Waals surface area (Å²) in [5, 5.41) is 0.750. The van der Waals surface area contributed by atoms with Crippen molar-refractivity contribution in [3.05, 3.63) is 71.7 Å². The zero-order chi connectivity index (χ0) is 18.7. The maximum absolute atomic E-state index is 13.1. The Kier molecular flexibility index (Phi) is 5.16. The van der Waals surface area contributed by atoms with Gasteiger partial charge in [-0.25, -0.2) is 4.39 Å². The van der Waals surface area contributed by atoms with E-state index >= 15 is 0 Å². The summed E-state index contributed by atoms with van der Waals surface area (Å²) in [6.07, 6.45) is 1.72. The van der Waals surface area contributed by atoms with Gasteiger partial charge in [0, 0.05) is 36.7 Å². The number of ketones is 1. The van der Waals surface area contributed by atoms with Crippen molar-refractivity contribution in [3.63, 3.8) is 0 Å². The first kappa shape index (κ1) is 17.9. The number of carbonyl (C=O) groups excluding carboxylic acids is 2. The Bertz CT molecular complexity index is 940. The van der Waals surface area contributed by atoms with Crippen molar-refractivity contribution in [1.29, 1.82) is 0 Å². The van der Waals surface area contributed by atoms with Gasteiger partial charge in [0.05, 0.1) is 5.56 Å². The number of aromatic nitrogens is 1. The van der Waals surface area contributed by atoms with Crippen LogP contribution >= 0.6 is 0 Å². The fourth-order valence-corrected chi connectivity index (χ4v) is 3.11. The third-order valence-electron chi connectivity index (χ3n) is 4.54. The lowest BCUT2D eigenvalue weighted by molar-refractivity contribution is -0.126. The second-order valence-electron chi connectivity index (χ2n) is 6.12. The molecule has 0 N–H and O–H groups in total. The van der Waals surface area contributed by atoms with E-state index in [9.17, 15) is 14.0 Å². The quantitative estimate of drug-likeness (QED) is 0.499. The van der Waals surface area contributed by atoms with Gasteiger partial charge in [0.15, 0.2) is 0 Å². The summed E-state index contributed by atoms with van der Waals surface area (Å²) in [5.74, 6) is -1.27. The molecule has 3 rings (SSSR count). The van der Waals surface area contributed by atoms with Gasteiger partial charge in [0.1, 0.15) is 5.82 Å². The smallest absolute Gasteiger partial charge is 0.295 e. The number of fused-ring (bicyclic) bond motifs is 1. The minimum Gasteiger partial charge on any atom is -0.342 e. The fourth-order valence-electron chi connectivity index (χ4n) is 3.11. The van der Waals surface area contributed by atoms with Crippen LogP contribution in [0.3, 0.4) is 0 Å². The van der Waals surface area contributed by atoms with Gasteiger partial charge in [-0.15, -0.1) is 0 Å². The average Bonchev–Trinajstić information content (AvgIpc) is 3.02. The maximum atomic E-state index is 13.1. The van der Waals surface area contributed by atoms with Crippen molar-refractivity contribution >= 4 is 22.6 Å². The molecule has 0 fully saturated rings.